The number of carbonyl (C=O) groups excluding carboxylic acids is 1. The molecule has 7 nitrogen and oxygen atoms in total. The van der Waals surface area contributed by atoms with Crippen molar-refractivity contribution >= 4 is 5.91 Å². The Kier molecular flexibility index (Phi) is 7.74. The van der Waals surface area contributed by atoms with Crippen LogP contribution in [0.5, 0.6) is 5.75 Å². The number of nitrogens with zero attached hydrogens (tertiary/aromatic N) is 2. The number of rotatable bonds is 8. The molecule has 2 N–H and O–H groups in total. The number of methoxy groups -OCH3 is 1. The fourth-order valence-electron chi connectivity index (χ4n) is 4.74. The SMILES string of the molecule is COc1ccc(-c2cc(CC(NC(=O)C3CCNCC3)c3ccn(-c4ccc(C(F)(F)F)cc4)c3)on2)cc1. The molecule has 2 aromatic heterocycles. The van der Waals surface area contributed by atoms with E-state index >= 15 is 0 Å². The second-order valence-electron chi connectivity index (χ2n) is 9.59. The molecule has 1 saturated heterocycles. The predicted octanol–water partition coefficient (Wildman–Crippen LogP) is 5.56. The van der Waals surface area contributed by atoms with Gasteiger partial charge in [-0.1, -0.05) is 5.16 Å². The lowest BCUT2D eigenvalue weighted by atomic mass is 9.96. The molecule has 1 unspecified atom stereocenters. The first-order valence-electron chi connectivity index (χ1n) is 12.8. The Bertz CT molecular complexity index is 1390. The number of piperidine rings is 1. The van der Waals surface area contributed by atoms with Crippen LogP contribution in [0.15, 0.2) is 77.6 Å². The van der Waals surface area contributed by atoms with Gasteiger partial charge in [0.05, 0.1) is 18.7 Å². The van der Waals surface area contributed by atoms with Crippen LogP contribution in [0.2, 0.25) is 0 Å². The van der Waals surface area contributed by atoms with E-state index in [0.717, 1.165) is 54.9 Å². The molecule has 0 spiro atoms. The smallest absolute Gasteiger partial charge is 0.416 e. The molecule has 0 saturated carbocycles. The van der Waals surface area contributed by atoms with E-state index in [1.807, 2.05) is 42.6 Å². The highest BCUT2D eigenvalue weighted by atomic mass is 19.4. The summed E-state index contributed by atoms with van der Waals surface area (Å²) >= 11 is 0. The minimum absolute atomic E-state index is 0.0290. The van der Waals surface area contributed by atoms with E-state index < -0.39 is 17.8 Å². The topological polar surface area (TPSA) is 81.3 Å². The highest BCUT2D eigenvalue weighted by Gasteiger charge is 2.30. The van der Waals surface area contributed by atoms with E-state index in [9.17, 15) is 18.0 Å². The molecule has 0 aliphatic carbocycles. The van der Waals surface area contributed by atoms with Gasteiger partial charge in [0.2, 0.25) is 5.91 Å². The molecule has 0 radical (unpaired) electrons. The van der Waals surface area contributed by atoms with E-state index in [-0.39, 0.29) is 11.8 Å². The number of nitrogens with one attached hydrogen (secondary N) is 2. The number of ether oxygens (including phenoxy) is 1. The molecule has 3 heterocycles. The van der Waals surface area contributed by atoms with E-state index in [0.29, 0.717) is 23.6 Å². The summed E-state index contributed by atoms with van der Waals surface area (Å²) in [5, 5.41) is 10.7. The predicted molar refractivity (Wildman–Crippen MR) is 139 cm³/mol. The number of carbonyl (C=O) groups is 1. The quantitative estimate of drug-likeness (QED) is 0.307. The van der Waals surface area contributed by atoms with Crippen molar-refractivity contribution in [3.63, 3.8) is 0 Å². The molecular formula is C29H29F3N4O3. The number of aromatic nitrogens is 2. The van der Waals surface area contributed by atoms with Gasteiger partial charge in [-0.3, -0.25) is 4.79 Å². The molecule has 1 atom stereocenters. The molecule has 5 rings (SSSR count). The average molecular weight is 539 g/mol. The molecule has 4 aromatic rings. The third kappa shape index (κ3) is 6.34. The van der Waals surface area contributed by atoms with Crippen molar-refractivity contribution in [1.82, 2.24) is 20.4 Å². The lowest BCUT2D eigenvalue weighted by molar-refractivity contribution is -0.137. The number of hydrogen-bond acceptors (Lipinski definition) is 5. The number of amides is 1. The second kappa shape index (κ2) is 11.4. The summed E-state index contributed by atoms with van der Waals surface area (Å²) in [6, 6.07) is 15.7. The van der Waals surface area contributed by atoms with E-state index in [1.54, 1.807) is 17.9 Å². The summed E-state index contributed by atoms with van der Waals surface area (Å²) in [6.45, 7) is 1.58. The zero-order valence-electron chi connectivity index (χ0n) is 21.4. The van der Waals surface area contributed by atoms with Crippen molar-refractivity contribution in [3.05, 3.63) is 89.9 Å². The first kappa shape index (κ1) is 26.6. The van der Waals surface area contributed by atoms with Crippen LogP contribution in [-0.2, 0) is 17.4 Å². The zero-order valence-corrected chi connectivity index (χ0v) is 21.4. The Morgan fingerprint density at radius 1 is 1.13 bits per heavy atom. The summed E-state index contributed by atoms with van der Waals surface area (Å²) in [7, 11) is 1.60. The van der Waals surface area contributed by atoms with Crippen LogP contribution >= 0.6 is 0 Å². The molecule has 1 fully saturated rings. The number of halogens is 3. The Morgan fingerprint density at radius 2 is 1.85 bits per heavy atom. The Balaban J connectivity index is 1.38. The van der Waals surface area contributed by atoms with E-state index in [1.165, 1.54) is 12.1 Å². The number of alkyl halides is 3. The first-order valence-corrected chi connectivity index (χ1v) is 12.8. The highest BCUT2D eigenvalue weighted by Crippen LogP contribution is 2.30. The summed E-state index contributed by atoms with van der Waals surface area (Å²) in [4.78, 5) is 13.2. The minimum atomic E-state index is -4.40. The van der Waals surface area contributed by atoms with Crippen molar-refractivity contribution in [2.45, 2.75) is 31.5 Å². The maximum atomic E-state index is 13.2. The maximum Gasteiger partial charge on any atom is 0.416 e. The molecule has 1 amide bonds. The molecule has 204 valence electrons. The molecule has 1 aliphatic rings. The lowest BCUT2D eigenvalue weighted by Crippen LogP contribution is -2.40. The van der Waals surface area contributed by atoms with Crippen molar-refractivity contribution in [2.75, 3.05) is 20.2 Å². The first-order chi connectivity index (χ1) is 18.8. The molecule has 39 heavy (non-hydrogen) atoms. The second-order valence-corrected chi connectivity index (χ2v) is 9.59. The highest BCUT2D eigenvalue weighted by molar-refractivity contribution is 5.79. The number of benzene rings is 2. The molecule has 2 aromatic carbocycles. The normalized spacial score (nSPS) is 15.2. The summed E-state index contributed by atoms with van der Waals surface area (Å²) < 4.78 is 51.6. The van der Waals surface area contributed by atoms with Crippen LogP contribution < -0.4 is 15.4 Å². The molecule has 10 heteroatoms. The van der Waals surface area contributed by atoms with E-state index in [4.69, 9.17) is 9.26 Å². The van der Waals surface area contributed by atoms with Crippen LogP contribution in [0, 0.1) is 5.92 Å². The van der Waals surface area contributed by atoms with Crippen LogP contribution in [-0.4, -0.2) is 35.8 Å². The van der Waals surface area contributed by atoms with Gasteiger partial charge < -0.3 is 24.5 Å². The van der Waals surface area contributed by atoms with Gasteiger partial charge in [-0.2, -0.15) is 13.2 Å². The number of hydrogen-bond donors (Lipinski definition) is 2. The van der Waals surface area contributed by atoms with Crippen molar-refractivity contribution in [3.8, 4) is 22.7 Å². The fourth-order valence-corrected chi connectivity index (χ4v) is 4.74. The van der Waals surface area contributed by atoms with Gasteiger partial charge in [-0.05, 0) is 86.1 Å². The van der Waals surface area contributed by atoms with Crippen molar-refractivity contribution in [2.24, 2.45) is 5.92 Å². The average Bonchev–Trinajstić information content (AvgIpc) is 3.63. The van der Waals surface area contributed by atoms with E-state index in [2.05, 4.69) is 15.8 Å². The zero-order chi connectivity index (χ0) is 27.4. The van der Waals surface area contributed by atoms with Gasteiger partial charge in [-0.25, -0.2) is 0 Å². The van der Waals surface area contributed by atoms with Gasteiger partial charge in [-0.15, -0.1) is 0 Å². The summed E-state index contributed by atoms with van der Waals surface area (Å²) in [6.07, 6.45) is 1.06. The van der Waals surface area contributed by atoms with Crippen LogP contribution in [0.25, 0.3) is 16.9 Å². The van der Waals surface area contributed by atoms with Gasteiger partial charge >= 0.3 is 6.18 Å². The van der Waals surface area contributed by atoms with Gasteiger partial charge in [0, 0.05) is 42.0 Å². The molecular weight excluding hydrogens is 509 g/mol. The standard InChI is InChI=1S/C29H29F3N4O3/c1-38-24-8-2-19(3-9-24)27-17-25(39-35-27)16-26(34-28(37)20-10-13-33-14-11-20)21-12-15-36(18-21)23-6-4-22(5-7-23)29(30,31)32/h2-9,12,15,17-18,20,26,33H,10-11,13-14,16H2,1H3,(H,34,37). The minimum Gasteiger partial charge on any atom is -0.497 e. The third-order valence-electron chi connectivity index (χ3n) is 6.99. The fraction of sp³-hybridized carbons (Fsp3) is 0.310. The summed E-state index contributed by atoms with van der Waals surface area (Å²) in [5.74, 6) is 1.22. The Hall–Kier alpha value is -4.05. The lowest BCUT2D eigenvalue weighted by Gasteiger charge is -2.25. The van der Waals surface area contributed by atoms with Gasteiger partial charge in [0.15, 0.2) is 0 Å². The Morgan fingerprint density at radius 3 is 2.51 bits per heavy atom. The van der Waals surface area contributed by atoms with Crippen LogP contribution in [0.3, 0.4) is 0 Å². The van der Waals surface area contributed by atoms with Crippen LogP contribution in [0.4, 0.5) is 13.2 Å². The maximum absolute atomic E-state index is 13.2. The summed E-state index contributed by atoms with van der Waals surface area (Å²) in [5.41, 5.74) is 2.22. The van der Waals surface area contributed by atoms with Crippen molar-refractivity contribution in [1.29, 1.82) is 0 Å². The monoisotopic (exact) mass is 538 g/mol. The molecule has 0 bridgehead atoms. The Labute approximate surface area is 224 Å². The van der Waals surface area contributed by atoms with Gasteiger partial charge in [0.1, 0.15) is 17.2 Å². The molecule has 1 aliphatic heterocycles. The largest absolute Gasteiger partial charge is 0.497 e. The van der Waals surface area contributed by atoms with Gasteiger partial charge in [0.25, 0.3) is 0 Å². The van der Waals surface area contributed by atoms with Crippen molar-refractivity contribution < 1.29 is 27.2 Å². The third-order valence-corrected chi connectivity index (χ3v) is 6.99. The van der Waals surface area contributed by atoms with Crippen LogP contribution in [0.1, 0.15) is 35.8 Å².